The maximum Gasteiger partial charge on any atom is 0.0362 e. The Labute approximate surface area is 125 Å². The minimum Gasteiger partial charge on any atom is -0.329 e. The average Bonchev–Trinajstić information content (AvgIpc) is 2.68. The molecule has 0 aromatic carbocycles. The van der Waals surface area contributed by atoms with Gasteiger partial charge in [-0.05, 0) is 63.7 Å². The molecule has 1 saturated carbocycles. The third kappa shape index (κ3) is 2.90. The number of likely N-dealkylation sites (tertiary alicyclic amines) is 1. The van der Waals surface area contributed by atoms with Gasteiger partial charge in [-0.1, -0.05) is 27.7 Å². The van der Waals surface area contributed by atoms with Crippen molar-refractivity contribution in [2.24, 2.45) is 17.1 Å². The third-order valence-corrected chi connectivity index (χ3v) is 6.17. The van der Waals surface area contributed by atoms with Crippen LogP contribution >= 0.6 is 0 Å². The molecular formula is C17H35N3. The molecule has 1 aliphatic heterocycles. The van der Waals surface area contributed by atoms with E-state index in [9.17, 15) is 0 Å². The Balaban J connectivity index is 2.08. The molecule has 0 bridgehead atoms. The molecule has 0 amide bonds. The van der Waals surface area contributed by atoms with Gasteiger partial charge in [-0.2, -0.15) is 0 Å². The quantitative estimate of drug-likeness (QED) is 0.859. The van der Waals surface area contributed by atoms with Crippen LogP contribution in [0.1, 0.15) is 53.4 Å². The number of nitrogens with two attached hydrogens (primary N) is 1. The van der Waals surface area contributed by atoms with E-state index >= 15 is 0 Å². The Kier molecular flexibility index (Phi) is 4.83. The molecule has 1 saturated heterocycles. The molecule has 2 N–H and O–H groups in total. The van der Waals surface area contributed by atoms with Crippen molar-refractivity contribution in [3.8, 4) is 0 Å². The molecule has 2 unspecified atom stereocenters. The van der Waals surface area contributed by atoms with E-state index in [1.807, 2.05) is 0 Å². The summed E-state index contributed by atoms with van der Waals surface area (Å²) in [6.07, 6.45) is 5.17. The zero-order chi connectivity index (χ0) is 15.0. The number of hydrogen-bond acceptors (Lipinski definition) is 3. The first kappa shape index (κ1) is 16.3. The van der Waals surface area contributed by atoms with Crippen molar-refractivity contribution in [1.82, 2.24) is 9.80 Å². The van der Waals surface area contributed by atoms with Crippen LogP contribution in [0.15, 0.2) is 0 Å². The summed E-state index contributed by atoms with van der Waals surface area (Å²) in [5, 5.41) is 0. The minimum atomic E-state index is 0.225. The largest absolute Gasteiger partial charge is 0.329 e. The zero-order valence-electron chi connectivity index (χ0n) is 14.3. The van der Waals surface area contributed by atoms with Crippen molar-refractivity contribution in [2.45, 2.75) is 65.0 Å². The predicted molar refractivity (Wildman–Crippen MR) is 86.9 cm³/mol. The van der Waals surface area contributed by atoms with Crippen molar-refractivity contribution in [1.29, 1.82) is 0 Å². The number of rotatable bonds is 4. The molecule has 0 aromatic rings. The third-order valence-electron chi connectivity index (χ3n) is 6.17. The molecule has 3 heteroatoms. The SMILES string of the molecule is CCN1CCC(N(C)C2(CN)CC(C)(C)CC2C)CC1. The maximum absolute atomic E-state index is 6.29. The van der Waals surface area contributed by atoms with Crippen molar-refractivity contribution >= 4 is 0 Å². The summed E-state index contributed by atoms with van der Waals surface area (Å²) in [6.45, 7) is 14.0. The first-order valence-corrected chi connectivity index (χ1v) is 8.50. The summed E-state index contributed by atoms with van der Waals surface area (Å²) >= 11 is 0. The molecule has 20 heavy (non-hydrogen) atoms. The summed E-state index contributed by atoms with van der Waals surface area (Å²) in [4.78, 5) is 5.25. The summed E-state index contributed by atoms with van der Waals surface area (Å²) in [5.41, 5.74) is 6.96. The van der Waals surface area contributed by atoms with Crippen LogP contribution < -0.4 is 5.73 Å². The van der Waals surface area contributed by atoms with Gasteiger partial charge in [0, 0.05) is 18.1 Å². The maximum atomic E-state index is 6.29. The normalized spacial score (nSPS) is 35.9. The molecule has 118 valence electrons. The number of nitrogens with zero attached hydrogens (tertiary/aromatic N) is 2. The van der Waals surface area contributed by atoms with Crippen LogP contribution in [0.5, 0.6) is 0 Å². The fourth-order valence-corrected chi connectivity index (χ4v) is 4.97. The van der Waals surface area contributed by atoms with Crippen molar-refractivity contribution in [3.63, 3.8) is 0 Å². The Morgan fingerprint density at radius 2 is 1.85 bits per heavy atom. The van der Waals surface area contributed by atoms with E-state index in [4.69, 9.17) is 5.73 Å². The zero-order valence-corrected chi connectivity index (χ0v) is 14.3. The molecule has 2 atom stereocenters. The lowest BCUT2D eigenvalue weighted by Gasteiger charge is -2.48. The van der Waals surface area contributed by atoms with Gasteiger partial charge in [0.2, 0.25) is 0 Å². The van der Waals surface area contributed by atoms with Gasteiger partial charge < -0.3 is 10.6 Å². The summed E-state index contributed by atoms with van der Waals surface area (Å²) in [6, 6.07) is 0.720. The Morgan fingerprint density at radius 3 is 2.25 bits per heavy atom. The molecule has 1 aliphatic carbocycles. The molecule has 2 fully saturated rings. The van der Waals surface area contributed by atoms with Crippen molar-refractivity contribution < 1.29 is 0 Å². The van der Waals surface area contributed by atoms with Crippen LogP contribution in [0.3, 0.4) is 0 Å². The lowest BCUT2D eigenvalue weighted by Crippen LogP contribution is -2.59. The second-order valence-corrected chi connectivity index (χ2v) is 8.03. The molecule has 0 radical (unpaired) electrons. The van der Waals surface area contributed by atoms with E-state index in [-0.39, 0.29) is 5.54 Å². The second-order valence-electron chi connectivity index (χ2n) is 8.03. The van der Waals surface area contributed by atoms with Crippen LogP contribution in [0.4, 0.5) is 0 Å². The Bertz CT molecular complexity index is 320. The monoisotopic (exact) mass is 281 g/mol. The van der Waals surface area contributed by atoms with Gasteiger partial charge in [-0.25, -0.2) is 0 Å². The second kappa shape index (κ2) is 5.94. The standard InChI is InChI=1S/C17H35N3/c1-6-20-9-7-15(8-10-20)19(5)17(13-18)12-16(3,4)11-14(17)2/h14-15H,6-13,18H2,1-5H3. The van der Waals surface area contributed by atoms with Crippen molar-refractivity contribution in [2.75, 3.05) is 33.2 Å². The highest BCUT2D eigenvalue weighted by atomic mass is 15.2. The topological polar surface area (TPSA) is 32.5 Å². The molecule has 0 spiro atoms. The molecule has 2 rings (SSSR count). The first-order valence-electron chi connectivity index (χ1n) is 8.50. The van der Waals surface area contributed by atoms with E-state index < -0.39 is 0 Å². The lowest BCUT2D eigenvalue weighted by molar-refractivity contribution is 0.0163. The molecule has 0 aromatic heterocycles. The first-order chi connectivity index (χ1) is 9.34. The summed E-state index contributed by atoms with van der Waals surface area (Å²) < 4.78 is 0. The fraction of sp³-hybridized carbons (Fsp3) is 1.00. The fourth-order valence-electron chi connectivity index (χ4n) is 4.97. The number of likely N-dealkylation sites (N-methyl/N-ethyl adjacent to an activating group) is 1. The van der Waals surface area contributed by atoms with E-state index in [0.29, 0.717) is 11.3 Å². The van der Waals surface area contributed by atoms with Gasteiger partial charge in [0.25, 0.3) is 0 Å². The minimum absolute atomic E-state index is 0.225. The van der Waals surface area contributed by atoms with E-state index in [2.05, 4.69) is 44.5 Å². The van der Waals surface area contributed by atoms with Gasteiger partial charge in [-0.15, -0.1) is 0 Å². The Hall–Kier alpha value is -0.120. The van der Waals surface area contributed by atoms with Crippen LogP contribution in [0.25, 0.3) is 0 Å². The van der Waals surface area contributed by atoms with E-state index in [0.717, 1.165) is 12.6 Å². The van der Waals surface area contributed by atoms with Crippen molar-refractivity contribution in [3.05, 3.63) is 0 Å². The molecular weight excluding hydrogens is 246 g/mol. The highest BCUT2D eigenvalue weighted by Gasteiger charge is 2.51. The predicted octanol–water partition coefficient (Wildman–Crippen LogP) is 2.56. The summed E-state index contributed by atoms with van der Waals surface area (Å²) in [7, 11) is 2.34. The highest BCUT2D eigenvalue weighted by Crippen LogP contribution is 2.50. The summed E-state index contributed by atoms with van der Waals surface area (Å²) in [5.74, 6) is 0.705. The average molecular weight is 281 g/mol. The van der Waals surface area contributed by atoms with Crippen LogP contribution in [0, 0.1) is 11.3 Å². The van der Waals surface area contributed by atoms with E-state index in [1.165, 1.54) is 45.3 Å². The van der Waals surface area contributed by atoms with Crippen LogP contribution in [0.2, 0.25) is 0 Å². The van der Waals surface area contributed by atoms with Gasteiger partial charge in [0.05, 0.1) is 0 Å². The molecule has 2 aliphatic rings. The van der Waals surface area contributed by atoms with Crippen LogP contribution in [-0.2, 0) is 0 Å². The number of hydrogen-bond donors (Lipinski definition) is 1. The van der Waals surface area contributed by atoms with Crippen LogP contribution in [-0.4, -0.2) is 54.6 Å². The van der Waals surface area contributed by atoms with Gasteiger partial charge in [0.1, 0.15) is 0 Å². The van der Waals surface area contributed by atoms with Gasteiger partial charge in [-0.3, -0.25) is 4.90 Å². The number of piperidine rings is 1. The smallest absolute Gasteiger partial charge is 0.0362 e. The van der Waals surface area contributed by atoms with Gasteiger partial charge in [0.15, 0.2) is 0 Å². The highest BCUT2D eigenvalue weighted by molar-refractivity contribution is 5.07. The molecule has 3 nitrogen and oxygen atoms in total. The lowest BCUT2D eigenvalue weighted by atomic mass is 9.83. The molecule has 1 heterocycles. The van der Waals surface area contributed by atoms with E-state index in [1.54, 1.807) is 0 Å². The van der Waals surface area contributed by atoms with Gasteiger partial charge >= 0.3 is 0 Å². The Morgan fingerprint density at radius 1 is 1.25 bits per heavy atom.